The fraction of sp³-hybridized carbons (Fsp3) is 0.500. The van der Waals surface area contributed by atoms with Crippen LogP contribution in [0, 0.1) is 5.92 Å². The lowest BCUT2D eigenvalue weighted by atomic mass is 9.99. The lowest BCUT2D eigenvalue weighted by Gasteiger charge is -2.31. The van der Waals surface area contributed by atoms with Crippen molar-refractivity contribution >= 4 is 11.6 Å². The Balaban J connectivity index is 2.30. The highest BCUT2D eigenvalue weighted by atomic mass is 16.5. The summed E-state index contributed by atoms with van der Waals surface area (Å²) in [6.45, 7) is 2.91. The highest BCUT2D eigenvalue weighted by molar-refractivity contribution is 5.97. The van der Waals surface area contributed by atoms with Crippen LogP contribution < -0.4 is 4.90 Å². The van der Waals surface area contributed by atoms with Crippen LogP contribution >= 0.6 is 0 Å². The van der Waals surface area contributed by atoms with E-state index in [-0.39, 0.29) is 17.6 Å². The summed E-state index contributed by atoms with van der Waals surface area (Å²) in [7, 11) is 1.59. The predicted octanol–water partition coefficient (Wildman–Crippen LogP) is 1.95. The minimum atomic E-state index is -0.194. The van der Waals surface area contributed by atoms with Crippen LogP contribution in [-0.4, -0.2) is 31.3 Å². The summed E-state index contributed by atoms with van der Waals surface area (Å²) in [5.74, 6) is 0.00465. The Bertz CT molecular complexity index is 445. The summed E-state index contributed by atoms with van der Waals surface area (Å²) >= 11 is 0. The number of fused-ring (bicyclic) bond motifs is 1. The second-order valence-corrected chi connectivity index (χ2v) is 4.73. The number of nitrogens with zero attached hydrogens (tertiary/aromatic N) is 1. The van der Waals surface area contributed by atoms with E-state index in [1.54, 1.807) is 18.1 Å². The van der Waals surface area contributed by atoms with E-state index in [4.69, 9.17) is 4.74 Å². The fourth-order valence-electron chi connectivity index (χ4n) is 2.44. The van der Waals surface area contributed by atoms with E-state index in [0.29, 0.717) is 18.8 Å². The zero-order valence-electron chi connectivity index (χ0n) is 10.8. The van der Waals surface area contributed by atoms with Gasteiger partial charge < -0.3 is 14.7 Å². The van der Waals surface area contributed by atoms with Gasteiger partial charge in [0.15, 0.2) is 0 Å². The second kappa shape index (κ2) is 5.40. The topological polar surface area (TPSA) is 49.8 Å². The molecule has 1 aliphatic heterocycles. The average molecular weight is 249 g/mol. The maximum Gasteiger partial charge on any atom is 0.232 e. The van der Waals surface area contributed by atoms with Crippen molar-refractivity contribution in [2.75, 3.05) is 25.2 Å². The summed E-state index contributed by atoms with van der Waals surface area (Å²) in [5, 5.41) is 9.96. The summed E-state index contributed by atoms with van der Waals surface area (Å²) in [6.07, 6.45) is 1.84. The monoisotopic (exact) mass is 249 g/mol. The fourth-order valence-corrected chi connectivity index (χ4v) is 2.44. The van der Waals surface area contributed by atoms with Gasteiger partial charge in [0.05, 0.1) is 18.2 Å². The van der Waals surface area contributed by atoms with Crippen molar-refractivity contribution in [2.45, 2.75) is 19.8 Å². The molecule has 2 rings (SSSR count). The van der Waals surface area contributed by atoms with Crippen molar-refractivity contribution in [3.63, 3.8) is 0 Å². The molecule has 1 heterocycles. The molecule has 0 bridgehead atoms. The first kappa shape index (κ1) is 12.9. The van der Waals surface area contributed by atoms with Crippen molar-refractivity contribution in [2.24, 2.45) is 5.92 Å². The maximum atomic E-state index is 12.3. The zero-order valence-corrected chi connectivity index (χ0v) is 10.8. The summed E-state index contributed by atoms with van der Waals surface area (Å²) in [6, 6.07) is 5.42. The molecule has 0 unspecified atom stereocenters. The standard InChI is InChI=1S/C14H19NO3/c1-10(9-18-2)14(17)15-8-4-6-11-5-3-7-12(16)13(11)15/h3,5,7,10,16H,4,6,8-9H2,1-2H3/t10-/m0/s1. The van der Waals surface area contributed by atoms with E-state index in [0.717, 1.165) is 18.4 Å². The molecular weight excluding hydrogens is 230 g/mol. The van der Waals surface area contributed by atoms with Gasteiger partial charge in [-0.3, -0.25) is 4.79 Å². The van der Waals surface area contributed by atoms with E-state index in [1.807, 2.05) is 19.1 Å². The minimum absolute atomic E-state index is 0.0132. The van der Waals surface area contributed by atoms with Crippen LogP contribution in [0.25, 0.3) is 0 Å². The number of carbonyl (C=O) groups is 1. The van der Waals surface area contributed by atoms with Gasteiger partial charge >= 0.3 is 0 Å². The van der Waals surface area contributed by atoms with Gasteiger partial charge in [0.25, 0.3) is 0 Å². The summed E-state index contributed by atoms with van der Waals surface area (Å²) in [5.41, 5.74) is 1.72. The van der Waals surface area contributed by atoms with Gasteiger partial charge in [-0.25, -0.2) is 0 Å². The normalized spacial score (nSPS) is 16.2. The van der Waals surface area contributed by atoms with Gasteiger partial charge in [0, 0.05) is 13.7 Å². The number of hydrogen-bond donors (Lipinski definition) is 1. The number of rotatable bonds is 3. The Morgan fingerprint density at radius 1 is 1.56 bits per heavy atom. The molecule has 0 fully saturated rings. The lowest BCUT2D eigenvalue weighted by Crippen LogP contribution is -2.40. The molecule has 4 nitrogen and oxygen atoms in total. The molecule has 0 saturated carbocycles. The molecule has 1 aromatic carbocycles. The number of para-hydroxylation sites is 1. The third-order valence-corrected chi connectivity index (χ3v) is 3.30. The first-order chi connectivity index (χ1) is 8.65. The lowest BCUT2D eigenvalue weighted by molar-refractivity contribution is -0.123. The number of anilines is 1. The molecule has 1 amide bonds. The summed E-state index contributed by atoms with van der Waals surface area (Å²) in [4.78, 5) is 14.0. The molecule has 1 N–H and O–H groups in total. The molecule has 0 radical (unpaired) electrons. The molecule has 0 aliphatic carbocycles. The first-order valence-corrected chi connectivity index (χ1v) is 6.26. The van der Waals surface area contributed by atoms with E-state index < -0.39 is 0 Å². The number of phenols is 1. The molecule has 1 atom stereocenters. The molecule has 0 aromatic heterocycles. The van der Waals surface area contributed by atoms with Gasteiger partial charge in [-0.2, -0.15) is 0 Å². The van der Waals surface area contributed by atoms with Crippen molar-refractivity contribution in [1.82, 2.24) is 0 Å². The van der Waals surface area contributed by atoms with Crippen LogP contribution in [0.4, 0.5) is 5.69 Å². The number of hydrogen-bond acceptors (Lipinski definition) is 3. The third kappa shape index (κ3) is 2.34. The predicted molar refractivity (Wildman–Crippen MR) is 69.8 cm³/mol. The van der Waals surface area contributed by atoms with Crippen molar-refractivity contribution in [1.29, 1.82) is 0 Å². The van der Waals surface area contributed by atoms with Crippen molar-refractivity contribution in [3.05, 3.63) is 23.8 Å². The number of methoxy groups -OCH3 is 1. The number of aromatic hydroxyl groups is 1. The number of aryl methyl sites for hydroxylation is 1. The average Bonchev–Trinajstić information content (AvgIpc) is 2.38. The molecule has 1 aliphatic rings. The van der Waals surface area contributed by atoms with Gasteiger partial charge in [0.2, 0.25) is 5.91 Å². The van der Waals surface area contributed by atoms with Gasteiger partial charge in [-0.15, -0.1) is 0 Å². The molecule has 0 saturated heterocycles. The number of amides is 1. The molecule has 98 valence electrons. The Kier molecular flexibility index (Phi) is 3.87. The van der Waals surface area contributed by atoms with E-state index in [2.05, 4.69) is 0 Å². The van der Waals surface area contributed by atoms with E-state index >= 15 is 0 Å². The molecule has 0 spiro atoms. The quantitative estimate of drug-likeness (QED) is 0.890. The van der Waals surface area contributed by atoms with E-state index in [1.165, 1.54) is 0 Å². The smallest absolute Gasteiger partial charge is 0.232 e. The van der Waals surface area contributed by atoms with Crippen molar-refractivity contribution in [3.8, 4) is 5.75 Å². The van der Waals surface area contributed by atoms with Crippen LogP contribution in [-0.2, 0) is 16.0 Å². The number of carbonyl (C=O) groups excluding carboxylic acids is 1. The van der Waals surface area contributed by atoms with Crippen molar-refractivity contribution < 1.29 is 14.6 Å². The van der Waals surface area contributed by atoms with Crippen LogP contribution in [0.2, 0.25) is 0 Å². The van der Waals surface area contributed by atoms with Crippen LogP contribution in [0.15, 0.2) is 18.2 Å². The molecule has 4 heteroatoms. The van der Waals surface area contributed by atoms with Crippen LogP contribution in [0.5, 0.6) is 5.75 Å². The molecular formula is C14H19NO3. The second-order valence-electron chi connectivity index (χ2n) is 4.73. The van der Waals surface area contributed by atoms with Crippen LogP contribution in [0.3, 0.4) is 0 Å². The summed E-state index contributed by atoms with van der Waals surface area (Å²) < 4.78 is 5.02. The van der Waals surface area contributed by atoms with Crippen LogP contribution in [0.1, 0.15) is 18.9 Å². The molecule has 1 aromatic rings. The molecule has 18 heavy (non-hydrogen) atoms. The Morgan fingerprint density at radius 2 is 2.33 bits per heavy atom. The largest absolute Gasteiger partial charge is 0.506 e. The highest BCUT2D eigenvalue weighted by Gasteiger charge is 2.28. The highest BCUT2D eigenvalue weighted by Crippen LogP contribution is 2.36. The SMILES string of the molecule is COC[C@H](C)C(=O)N1CCCc2cccc(O)c21. The maximum absolute atomic E-state index is 12.3. The Morgan fingerprint density at radius 3 is 3.06 bits per heavy atom. The zero-order chi connectivity index (χ0) is 13.1. The minimum Gasteiger partial charge on any atom is -0.506 e. The number of phenolic OH excluding ortho intramolecular Hbond substituents is 1. The van der Waals surface area contributed by atoms with Gasteiger partial charge in [0.1, 0.15) is 5.75 Å². The Hall–Kier alpha value is -1.55. The number of ether oxygens (including phenoxy) is 1. The number of benzene rings is 1. The van der Waals surface area contributed by atoms with Gasteiger partial charge in [-0.05, 0) is 24.5 Å². The Labute approximate surface area is 107 Å². The van der Waals surface area contributed by atoms with E-state index in [9.17, 15) is 9.90 Å². The third-order valence-electron chi connectivity index (χ3n) is 3.30. The first-order valence-electron chi connectivity index (χ1n) is 6.26. The van der Waals surface area contributed by atoms with Gasteiger partial charge in [-0.1, -0.05) is 19.1 Å².